The highest BCUT2D eigenvalue weighted by molar-refractivity contribution is 5.95. The highest BCUT2D eigenvalue weighted by atomic mass is 16.3. The number of aromatic nitrogens is 2. The van der Waals surface area contributed by atoms with Crippen molar-refractivity contribution in [2.75, 3.05) is 19.6 Å². The zero-order valence-electron chi connectivity index (χ0n) is 12.2. The molecule has 1 aromatic rings. The number of carbonyl (C=O) groups is 1. The second-order valence-corrected chi connectivity index (χ2v) is 5.59. The quantitative estimate of drug-likeness (QED) is 0.835. The second kappa shape index (κ2) is 6.37. The second-order valence-electron chi connectivity index (χ2n) is 5.59. The van der Waals surface area contributed by atoms with Crippen LogP contribution in [0.2, 0.25) is 0 Å². The van der Waals surface area contributed by atoms with Gasteiger partial charge in [-0.3, -0.25) is 9.48 Å². The zero-order chi connectivity index (χ0) is 14.7. The average Bonchev–Trinajstić information content (AvgIpc) is 2.80. The molecule has 1 saturated heterocycles. The van der Waals surface area contributed by atoms with Crippen LogP contribution in [0.15, 0.2) is 6.20 Å². The van der Waals surface area contributed by atoms with Gasteiger partial charge in [0.25, 0.3) is 5.91 Å². The zero-order valence-corrected chi connectivity index (χ0v) is 12.2. The van der Waals surface area contributed by atoms with E-state index in [0.717, 1.165) is 18.7 Å². The third-order valence-electron chi connectivity index (χ3n) is 4.05. The van der Waals surface area contributed by atoms with E-state index in [0.29, 0.717) is 31.6 Å². The molecule has 1 aliphatic rings. The largest absolute Gasteiger partial charge is 0.393 e. The first-order valence-corrected chi connectivity index (χ1v) is 7.24. The van der Waals surface area contributed by atoms with Crippen LogP contribution in [0.25, 0.3) is 0 Å². The van der Waals surface area contributed by atoms with Crippen LogP contribution in [0.5, 0.6) is 0 Å². The van der Waals surface area contributed by atoms with Crippen molar-refractivity contribution < 1.29 is 9.90 Å². The van der Waals surface area contributed by atoms with Crippen molar-refractivity contribution in [2.45, 2.75) is 39.3 Å². The Morgan fingerprint density at radius 1 is 1.60 bits per heavy atom. The van der Waals surface area contributed by atoms with Crippen molar-refractivity contribution in [1.29, 1.82) is 0 Å². The molecule has 0 aromatic carbocycles. The number of amides is 1. The van der Waals surface area contributed by atoms with Gasteiger partial charge < -0.3 is 15.7 Å². The molecule has 20 heavy (non-hydrogen) atoms. The Morgan fingerprint density at radius 2 is 2.35 bits per heavy atom. The molecular formula is C14H24N4O2. The number of carbonyl (C=O) groups excluding carboxylic acids is 1. The highest BCUT2D eigenvalue weighted by Gasteiger charge is 2.29. The van der Waals surface area contributed by atoms with Crippen molar-refractivity contribution in [3.05, 3.63) is 17.5 Å². The minimum Gasteiger partial charge on any atom is -0.393 e. The van der Waals surface area contributed by atoms with Crippen molar-refractivity contribution in [3.8, 4) is 0 Å². The Bertz CT molecular complexity index is 472. The summed E-state index contributed by atoms with van der Waals surface area (Å²) in [5.74, 6) is 0.139. The third kappa shape index (κ3) is 3.02. The first kappa shape index (κ1) is 15.0. The van der Waals surface area contributed by atoms with E-state index in [1.165, 1.54) is 0 Å². The Kier molecular flexibility index (Phi) is 4.77. The third-order valence-corrected chi connectivity index (χ3v) is 4.05. The fourth-order valence-corrected chi connectivity index (χ4v) is 2.61. The summed E-state index contributed by atoms with van der Waals surface area (Å²) in [6.45, 7) is 6.46. The fourth-order valence-electron chi connectivity index (χ4n) is 2.61. The number of hydrogen-bond acceptors (Lipinski definition) is 4. The summed E-state index contributed by atoms with van der Waals surface area (Å²) in [5.41, 5.74) is 7.05. The molecule has 6 heteroatoms. The summed E-state index contributed by atoms with van der Waals surface area (Å²) in [6.07, 6.45) is 2.84. The molecule has 1 aliphatic heterocycles. The molecule has 2 unspecified atom stereocenters. The molecule has 2 heterocycles. The van der Waals surface area contributed by atoms with Crippen LogP contribution < -0.4 is 5.73 Å². The van der Waals surface area contributed by atoms with Crippen LogP contribution in [0.3, 0.4) is 0 Å². The van der Waals surface area contributed by atoms with E-state index in [1.807, 2.05) is 23.4 Å². The Morgan fingerprint density at radius 3 is 3.00 bits per heavy atom. The monoisotopic (exact) mass is 280 g/mol. The van der Waals surface area contributed by atoms with Gasteiger partial charge in [-0.15, -0.1) is 0 Å². The number of aliphatic hydroxyl groups excluding tert-OH is 1. The van der Waals surface area contributed by atoms with Gasteiger partial charge >= 0.3 is 0 Å². The molecule has 6 nitrogen and oxygen atoms in total. The van der Waals surface area contributed by atoms with E-state index in [9.17, 15) is 9.90 Å². The molecule has 0 aliphatic carbocycles. The minimum atomic E-state index is -0.299. The molecule has 0 saturated carbocycles. The van der Waals surface area contributed by atoms with Crippen molar-refractivity contribution in [1.82, 2.24) is 14.7 Å². The molecule has 0 bridgehead atoms. The van der Waals surface area contributed by atoms with Gasteiger partial charge in [0.1, 0.15) is 0 Å². The number of rotatable bonds is 4. The van der Waals surface area contributed by atoms with Gasteiger partial charge in [-0.2, -0.15) is 5.10 Å². The van der Waals surface area contributed by atoms with Gasteiger partial charge in [-0.05, 0) is 32.2 Å². The molecule has 0 radical (unpaired) electrons. The lowest BCUT2D eigenvalue weighted by Crippen LogP contribution is -2.45. The predicted octanol–water partition coefficient (Wildman–Crippen LogP) is 0.383. The Balaban J connectivity index is 2.07. The smallest absolute Gasteiger partial charge is 0.257 e. The standard InChI is InChI=1S/C14H24N4O2/c1-10-9-17(7-4-13(10)19)14(20)12-8-16-18(11(12)2)6-3-5-15/h8,10,13,19H,3-7,9,15H2,1-2H3. The van der Waals surface area contributed by atoms with E-state index in [2.05, 4.69) is 5.10 Å². The van der Waals surface area contributed by atoms with Crippen LogP contribution in [0.1, 0.15) is 35.8 Å². The van der Waals surface area contributed by atoms with Crippen molar-refractivity contribution >= 4 is 5.91 Å². The number of aliphatic hydroxyl groups is 1. The normalized spacial score (nSPS) is 23.1. The lowest BCUT2D eigenvalue weighted by atomic mass is 9.96. The maximum Gasteiger partial charge on any atom is 0.257 e. The van der Waals surface area contributed by atoms with E-state index >= 15 is 0 Å². The lowest BCUT2D eigenvalue weighted by molar-refractivity contribution is 0.0297. The topological polar surface area (TPSA) is 84.4 Å². The van der Waals surface area contributed by atoms with E-state index in [-0.39, 0.29) is 17.9 Å². The summed E-state index contributed by atoms with van der Waals surface area (Å²) in [7, 11) is 0. The Labute approximate surface area is 119 Å². The molecule has 2 rings (SSSR count). The highest BCUT2D eigenvalue weighted by Crippen LogP contribution is 2.20. The number of nitrogens with two attached hydrogens (primary N) is 1. The van der Waals surface area contributed by atoms with Gasteiger partial charge in [0.05, 0.1) is 17.9 Å². The van der Waals surface area contributed by atoms with Crippen molar-refractivity contribution in [2.24, 2.45) is 11.7 Å². The number of aryl methyl sites for hydroxylation is 1. The van der Waals surface area contributed by atoms with E-state index in [4.69, 9.17) is 5.73 Å². The Hall–Kier alpha value is -1.40. The van der Waals surface area contributed by atoms with Gasteiger partial charge in [-0.1, -0.05) is 6.92 Å². The van der Waals surface area contributed by atoms with Crippen LogP contribution in [0, 0.1) is 12.8 Å². The van der Waals surface area contributed by atoms with Gasteiger partial charge in [0, 0.05) is 25.3 Å². The minimum absolute atomic E-state index is 0.0141. The van der Waals surface area contributed by atoms with Gasteiger partial charge in [0.15, 0.2) is 0 Å². The summed E-state index contributed by atoms with van der Waals surface area (Å²) < 4.78 is 1.84. The molecule has 1 amide bonds. The summed E-state index contributed by atoms with van der Waals surface area (Å²) in [4.78, 5) is 14.3. The first-order chi connectivity index (χ1) is 9.54. The predicted molar refractivity (Wildman–Crippen MR) is 76.3 cm³/mol. The van der Waals surface area contributed by atoms with E-state index in [1.54, 1.807) is 6.20 Å². The van der Waals surface area contributed by atoms with Crippen LogP contribution in [0.4, 0.5) is 0 Å². The van der Waals surface area contributed by atoms with Crippen LogP contribution in [-0.4, -0.2) is 51.4 Å². The average molecular weight is 280 g/mol. The van der Waals surface area contributed by atoms with Gasteiger partial charge in [-0.25, -0.2) is 0 Å². The molecule has 2 atom stereocenters. The van der Waals surface area contributed by atoms with Gasteiger partial charge in [0.2, 0.25) is 0 Å². The molecule has 1 aromatic heterocycles. The number of piperidine rings is 1. The summed E-state index contributed by atoms with van der Waals surface area (Å²) in [5, 5.41) is 14.0. The first-order valence-electron chi connectivity index (χ1n) is 7.24. The molecule has 0 spiro atoms. The van der Waals surface area contributed by atoms with Crippen molar-refractivity contribution in [3.63, 3.8) is 0 Å². The molecule has 3 N–H and O–H groups in total. The molecule has 1 fully saturated rings. The number of nitrogens with zero attached hydrogens (tertiary/aromatic N) is 3. The number of hydrogen-bond donors (Lipinski definition) is 2. The van der Waals surface area contributed by atoms with E-state index < -0.39 is 0 Å². The van der Waals surface area contributed by atoms with Crippen LogP contribution in [-0.2, 0) is 6.54 Å². The maximum absolute atomic E-state index is 12.5. The number of likely N-dealkylation sites (tertiary alicyclic amines) is 1. The summed E-state index contributed by atoms with van der Waals surface area (Å²) in [6, 6.07) is 0. The molecular weight excluding hydrogens is 256 g/mol. The SMILES string of the molecule is Cc1c(C(=O)N2CCC(O)C(C)C2)cnn1CCCN. The molecule has 112 valence electrons. The maximum atomic E-state index is 12.5. The fraction of sp³-hybridized carbons (Fsp3) is 0.714. The summed E-state index contributed by atoms with van der Waals surface area (Å²) >= 11 is 0. The van der Waals surface area contributed by atoms with Crippen LogP contribution >= 0.6 is 0 Å². The lowest BCUT2D eigenvalue weighted by Gasteiger charge is -2.34.